The summed E-state index contributed by atoms with van der Waals surface area (Å²) in [6, 6.07) is 27.0. The first-order valence-electron chi connectivity index (χ1n) is 12.4. The molecule has 0 unspecified atom stereocenters. The molecule has 3 heterocycles. The summed E-state index contributed by atoms with van der Waals surface area (Å²) >= 11 is 0. The molecule has 1 aliphatic rings. The van der Waals surface area contributed by atoms with Crippen LogP contribution in [0.4, 0.5) is 0 Å². The Morgan fingerprint density at radius 1 is 0.857 bits per heavy atom. The monoisotopic (exact) mass is 463 g/mol. The van der Waals surface area contributed by atoms with E-state index in [1.165, 1.54) is 5.56 Å². The second kappa shape index (κ2) is 9.47. The molecule has 6 rings (SSSR count). The molecule has 1 fully saturated rings. The highest BCUT2D eigenvalue weighted by Gasteiger charge is 2.21. The van der Waals surface area contributed by atoms with Gasteiger partial charge in [-0.2, -0.15) is 0 Å². The van der Waals surface area contributed by atoms with E-state index in [0.29, 0.717) is 13.0 Å². The number of aryl methyl sites for hydroxylation is 1. The maximum atomic E-state index is 12.9. The van der Waals surface area contributed by atoms with Crippen LogP contribution < -0.4 is 5.32 Å². The summed E-state index contributed by atoms with van der Waals surface area (Å²) in [7, 11) is 0. The number of hydrogen-bond acceptors (Lipinski definition) is 4. The van der Waals surface area contributed by atoms with E-state index in [1.54, 1.807) is 0 Å². The van der Waals surface area contributed by atoms with Crippen molar-refractivity contribution in [3.05, 3.63) is 84.4 Å². The highest BCUT2D eigenvalue weighted by Crippen LogP contribution is 2.28. The number of piperidine rings is 1. The van der Waals surface area contributed by atoms with E-state index in [-0.39, 0.29) is 11.9 Å². The lowest BCUT2D eigenvalue weighted by Crippen LogP contribution is -2.44. The first kappa shape index (κ1) is 21.7. The zero-order valence-electron chi connectivity index (χ0n) is 19.7. The van der Waals surface area contributed by atoms with Crippen LogP contribution in [0.2, 0.25) is 0 Å². The first-order chi connectivity index (χ1) is 17.2. The summed E-state index contributed by atoms with van der Waals surface area (Å²) in [4.78, 5) is 25.2. The van der Waals surface area contributed by atoms with E-state index in [9.17, 15) is 4.79 Å². The molecule has 0 atom stereocenters. The summed E-state index contributed by atoms with van der Waals surface area (Å²) in [6.07, 6.45) is 2.41. The Bertz CT molecular complexity index is 1490. The average molecular weight is 464 g/mol. The maximum Gasteiger partial charge on any atom is 0.222 e. The highest BCUT2D eigenvalue weighted by atomic mass is 16.1. The number of benzene rings is 3. The van der Waals surface area contributed by atoms with E-state index >= 15 is 0 Å². The molecule has 1 saturated heterocycles. The fraction of sp³-hybridized carbons (Fsp3) is 0.276. The van der Waals surface area contributed by atoms with E-state index in [0.717, 1.165) is 65.6 Å². The van der Waals surface area contributed by atoms with Gasteiger partial charge in [0, 0.05) is 44.0 Å². The quantitative estimate of drug-likeness (QED) is 0.389. The summed E-state index contributed by atoms with van der Waals surface area (Å²) in [5, 5.41) is 4.35. The van der Waals surface area contributed by atoms with Crippen molar-refractivity contribution in [2.75, 3.05) is 13.1 Å². The lowest BCUT2D eigenvalue weighted by Gasteiger charge is -2.32. The van der Waals surface area contributed by atoms with Crippen molar-refractivity contribution in [2.24, 2.45) is 0 Å². The van der Waals surface area contributed by atoms with E-state index in [2.05, 4.69) is 57.2 Å². The Labute approximate surface area is 204 Å². The molecule has 0 saturated carbocycles. The summed E-state index contributed by atoms with van der Waals surface area (Å²) < 4.78 is 2.14. The van der Waals surface area contributed by atoms with Gasteiger partial charge in [-0.05, 0) is 36.6 Å². The number of amides is 1. The fourth-order valence-corrected chi connectivity index (χ4v) is 5.20. The number of fused-ring (bicyclic) bond motifs is 4. The molecule has 6 nitrogen and oxygen atoms in total. The molecule has 0 aliphatic carbocycles. The summed E-state index contributed by atoms with van der Waals surface area (Å²) in [5.41, 5.74) is 5.91. The normalized spacial score (nSPS) is 15.2. The Hall–Kier alpha value is -3.77. The number of carbonyl (C=O) groups excluding carboxylic acids is 1. The molecule has 0 bridgehead atoms. The van der Waals surface area contributed by atoms with Crippen LogP contribution >= 0.6 is 0 Å². The van der Waals surface area contributed by atoms with Gasteiger partial charge in [0.15, 0.2) is 5.65 Å². The molecule has 176 valence electrons. The van der Waals surface area contributed by atoms with Gasteiger partial charge in [0.05, 0.1) is 16.6 Å². The minimum Gasteiger partial charge on any atom is -0.353 e. The van der Waals surface area contributed by atoms with Gasteiger partial charge in [0.1, 0.15) is 5.52 Å². The largest absolute Gasteiger partial charge is 0.353 e. The van der Waals surface area contributed by atoms with E-state index in [4.69, 9.17) is 9.97 Å². The van der Waals surface area contributed by atoms with Crippen LogP contribution in [-0.4, -0.2) is 44.5 Å². The third kappa shape index (κ3) is 4.49. The Morgan fingerprint density at radius 2 is 1.54 bits per heavy atom. The molecule has 2 aromatic heterocycles. The number of likely N-dealkylation sites (tertiary alicyclic amines) is 1. The molecule has 6 heteroatoms. The van der Waals surface area contributed by atoms with Gasteiger partial charge >= 0.3 is 0 Å². The predicted octanol–water partition coefficient (Wildman–Crippen LogP) is 4.91. The van der Waals surface area contributed by atoms with Crippen molar-refractivity contribution < 1.29 is 4.79 Å². The standard InChI is InChI=1S/C29H29N5O/c35-27(30-22-14-17-33(18-15-22)20-21-8-2-1-3-9-21)16-19-34-26-13-7-4-10-23(26)28-29(34)32-25-12-6-5-11-24(25)31-28/h1-13,22H,14-20H2,(H,30,35). The highest BCUT2D eigenvalue weighted by molar-refractivity contribution is 6.06. The first-order valence-corrected chi connectivity index (χ1v) is 12.4. The van der Waals surface area contributed by atoms with Crippen molar-refractivity contribution in [1.82, 2.24) is 24.8 Å². The third-order valence-corrected chi connectivity index (χ3v) is 7.02. The van der Waals surface area contributed by atoms with E-state index in [1.807, 2.05) is 36.4 Å². The second-order valence-corrected chi connectivity index (χ2v) is 9.41. The Kier molecular flexibility index (Phi) is 5.88. The van der Waals surface area contributed by atoms with Crippen LogP contribution in [0.15, 0.2) is 78.9 Å². The maximum absolute atomic E-state index is 12.9. The van der Waals surface area contributed by atoms with Crippen LogP contribution in [0.3, 0.4) is 0 Å². The molecular weight excluding hydrogens is 434 g/mol. The molecule has 1 N–H and O–H groups in total. The minimum atomic E-state index is 0.103. The van der Waals surface area contributed by atoms with Gasteiger partial charge < -0.3 is 9.88 Å². The molecule has 35 heavy (non-hydrogen) atoms. The molecule has 3 aromatic carbocycles. The van der Waals surface area contributed by atoms with Crippen molar-refractivity contribution in [1.29, 1.82) is 0 Å². The number of carbonyl (C=O) groups is 1. The fourth-order valence-electron chi connectivity index (χ4n) is 5.20. The topological polar surface area (TPSA) is 63.1 Å². The summed E-state index contributed by atoms with van der Waals surface area (Å²) in [5.74, 6) is 0.103. The van der Waals surface area contributed by atoms with Gasteiger partial charge in [-0.25, -0.2) is 9.97 Å². The zero-order chi connectivity index (χ0) is 23.6. The van der Waals surface area contributed by atoms with Gasteiger partial charge in [0.2, 0.25) is 5.91 Å². The lowest BCUT2D eigenvalue weighted by atomic mass is 10.0. The van der Waals surface area contributed by atoms with Crippen LogP contribution in [-0.2, 0) is 17.9 Å². The van der Waals surface area contributed by atoms with Crippen molar-refractivity contribution >= 4 is 39.0 Å². The van der Waals surface area contributed by atoms with Crippen LogP contribution in [0.25, 0.3) is 33.1 Å². The lowest BCUT2D eigenvalue weighted by molar-refractivity contribution is -0.122. The van der Waals surface area contributed by atoms with Crippen molar-refractivity contribution in [3.8, 4) is 0 Å². The zero-order valence-corrected chi connectivity index (χ0v) is 19.7. The minimum absolute atomic E-state index is 0.103. The molecule has 1 amide bonds. The smallest absolute Gasteiger partial charge is 0.222 e. The molecule has 0 radical (unpaired) electrons. The van der Waals surface area contributed by atoms with Crippen molar-refractivity contribution in [2.45, 2.75) is 38.4 Å². The Balaban J connectivity index is 1.12. The number of para-hydroxylation sites is 3. The number of rotatable bonds is 6. The van der Waals surface area contributed by atoms with Gasteiger partial charge in [0.25, 0.3) is 0 Å². The SMILES string of the molecule is O=C(CCn1c2ccccc2c2nc3ccccc3nc21)NC1CCN(Cc2ccccc2)CC1. The van der Waals surface area contributed by atoms with Gasteiger partial charge in [-0.1, -0.05) is 60.7 Å². The van der Waals surface area contributed by atoms with Crippen LogP contribution in [0.1, 0.15) is 24.8 Å². The molecule has 1 aliphatic heterocycles. The summed E-state index contributed by atoms with van der Waals surface area (Å²) in [6.45, 7) is 3.57. The van der Waals surface area contributed by atoms with Crippen molar-refractivity contribution in [3.63, 3.8) is 0 Å². The molecule has 0 spiro atoms. The average Bonchev–Trinajstić information content (AvgIpc) is 3.20. The number of hydrogen-bond donors (Lipinski definition) is 1. The predicted molar refractivity (Wildman–Crippen MR) is 140 cm³/mol. The number of nitrogens with zero attached hydrogens (tertiary/aromatic N) is 4. The van der Waals surface area contributed by atoms with E-state index < -0.39 is 0 Å². The number of aromatic nitrogens is 3. The molecular formula is C29H29N5O. The number of nitrogens with one attached hydrogen (secondary N) is 1. The van der Waals surface area contributed by atoms with Gasteiger partial charge in [-0.3, -0.25) is 9.69 Å². The van der Waals surface area contributed by atoms with Gasteiger partial charge in [-0.15, -0.1) is 0 Å². The third-order valence-electron chi connectivity index (χ3n) is 7.02. The van der Waals surface area contributed by atoms with Crippen LogP contribution in [0, 0.1) is 0 Å². The second-order valence-electron chi connectivity index (χ2n) is 9.41. The Morgan fingerprint density at radius 3 is 2.34 bits per heavy atom. The molecule has 5 aromatic rings. The van der Waals surface area contributed by atoms with Crippen LogP contribution in [0.5, 0.6) is 0 Å².